The van der Waals surface area contributed by atoms with Gasteiger partial charge in [-0.1, -0.05) is 13.3 Å². The van der Waals surface area contributed by atoms with Gasteiger partial charge in [0.25, 0.3) is 0 Å². The number of anilines is 1. The summed E-state index contributed by atoms with van der Waals surface area (Å²) in [4.78, 5) is 10.6. The molecule has 82 valence electrons. The molecule has 1 aliphatic rings. The first-order valence-corrected chi connectivity index (χ1v) is 5.94. The summed E-state index contributed by atoms with van der Waals surface area (Å²) in [5, 5.41) is 0. The van der Waals surface area contributed by atoms with Gasteiger partial charge in [0.1, 0.15) is 0 Å². The third-order valence-electron chi connectivity index (χ3n) is 2.65. The van der Waals surface area contributed by atoms with Gasteiger partial charge < -0.3 is 10.6 Å². The molecule has 15 heavy (non-hydrogen) atoms. The van der Waals surface area contributed by atoms with Gasteiger partial charge in [0, 0.05) is 25.5 Å². The van der Waals surface area contributed by atoms with Crippen molar-refractivity contribution < 1.29 is 0 Å². The molecular formula is C10H15BrN4. The summed E-state index contributed by atoms with van der Waals surface area (Å²) < 4.78 is 0.902. The van der Waals surface area contributed by atoms with Crippen LogP contribution in [0, 0.1) is 0 Å². The van der Waals surface area contributed by atoms with Crippen LogP contribution in [0.4, 0.5) is 5.95 Å². The van der Waals surface area contributed by atoms with Gasteiger partial charge in [-0.15, -0.1) is 0 Å². The van der Waals surface area contributed by atoms with Crippen molar-refractivity contribution in [2.24, 2.45) is 5.73 Å². The lowest BCUT2D eigenvalue weighted by atomic mass is 9.87. The Morgan fingerprint density at radius 3 is 2.60 bits per heavy atom. The second-order valence-corrected chi connectivity index (χ2v) is 5.09. The highest BCUT2D eigenvalue weighted by Crippen LogP contribution is 2.26. The highest BCUT2D eigenvalue weighted by atomic mass is 79.9. The molecule has 0 saturated carbocycles. The fourth-order valence-electron chi connectivity index (χ4n) is 1.98. The molecule has 0 spiro atoms. The van der Waals surface area contributed by atoms with Crippen LogP contribution in [0.2, 0.25) is 0 Å². The monoisotopic (exact) mass is 270 g/mol. The van der Waals surface area contributed by atoms with Crippen molar-refractivity contribution in [1.82, 2.24) is 9.97 Å². The molecule has 2 N–H and O–H groups in total. The van der Waals surface area contributed by atoms with Crippen LogP contribution in [0.25, 0.3) is 0 Å². The smallest absolute Gasteiger partial charge is 0.225 e. The van der Waals surface area contributed by atoms with E-state index in [-0.39, 0.29) is 5.54 Å². The van der Waals surface area contributed by atoms with Crippen LogP contribution < -0.4 is 10.6 Å². The van der Waals surface area contributed by atoms with Crippen molar-refractivity contribution in [3.8, 4) is 0 Å². The standard InChI is InChI=1S/C10H15BrN4/c1-2-3-10(12)6-15(7-10)9-13-4-8(11)5-14-9/h4-5H,2-3,6-7,12H2,1H3. The third-order valence-corrected chi connectivity index (χ3v) is 3.06. The maximum atomic E-state index is 6.16. The Balaban J connectivity index is 1.97. The molecule has 0 radical (unpaired) electrons. The first kappa shape index (κ1) is 10.8. The van der Waals surface area contributed by atoms with Gasteiger partial charge in [0.2, 0.25) is 5.95 Å². The zero-order valence-electron chi connectivity index (χ0n) is 8.78. The van der Waals surface area contributed by atoms with Gasteiger partial charge >= 0.3 is 0 Å². The summed E-state index contributed by atoms with van der Waals surface area (Å²) in [6.07, 6.45) is 5.73. The highest BCUT2D eigenvalue weighted by molar-refractivity contribution is 9.10. The van der Waals surface area contributed by atoms with E-state index in [1.165, 1.54) is 0 Å². The molecule has 0 aliphatic carbocycles. The Kier molecular flexibility index (Phi) is 2.93. The van der Waals surface area contributed by atoms with Crippen LogP contribution >= 0.6 is 15.9 Å². The normalized spacial score (nSPS) is 18.7. The Hall–Kier alpha value is -0.680. The second-order valence-electron chi connectivity index (χ2n) is 4.17. The minimum atomic E-state index is -0.0226. The van der Waals surface area contributed by atoms with E-state index in [0.29, 0.717) is 0 Å². The molecule has 1 aromatic heterocycles. The lowest BCUT2D eigenvalue weighted by Crippen LogP contribution is -2.67. The number of hydrogen-bond donors (Lipinski definition) is 1. The van der Waals surface area contributed by atoms with Crippen molar-refractivity contribution in [1.29, 1.82) is 0 Å². The predicted octanol–water partition coefficient (Wildman–Crippen LogP) is 1.56. The second kappa shape index (κ2) is 4.06. The molecule has 0 aromatic carbocycles. The Labute approximate surface area is 98.0 Å². The minimum Gasteiger partial charge on any atom is -0.337 e. The lowest BCUT2D eigenvalue weighted by Gasteiger charge is -2.47. The van der Waals surface area contributed by atoms with E-state index in [9.17, 15) is 0 Å². The topological polar surface area (TPSA) is 55.0 Å². The SMILES string of the molecule is CCCC1(N)CN(c2ncc(Br)cn2)C1. The molecule has 2 rings (SSSR count). The fourth-order valence-corrected chi connectivity index (χ4v) is 2.18. The Morgan fingerprint density at radius 1 is 1.47 bits per heavy atom. The molecule has 0 bridgehead atoms. The Morgan fingerprint density at radius 2 is 2.07 bits per heavy atom. The molecule has 1 aromatic rings. The molecule has 5 heteroatoms. The van der Waals surface area contributed by atoms with Crippen LogP contribution in [-0.4, -0.2) is 28.6 Å². The quantitative estimate of drug-likeness (QED) is 0.906. The largest absolute Gasteiger partial charge is 0.337 e. The van der Waals surface area contributed by atoms with Gasteiger partial charge in [-0.3, -0.25) is 0 Å². The van der Waals surface area contributed by atoms with Crippen LogP contribution in [0.3, 0.4) is 0 Å². The summed E-state index contributed by atoms with van der Waals surface area (Å²) in [6.45, 7) is 3.89. The molecule has 4 nitrogen and oxygen atoms in total. The zero-order chi connectivity index (χ0) is 10.9. The predicted molar refractivity (Wildman–Crippen MR) is 63.8 cm³/mol. The number of halogens is 1. The average molecular weight is 271 g/mol. The number of aromatic nitrogens is 2. The summed E-state index contributed by atoms with van der Waals surface area (Å²) in [6, 6.07) is 0. The number of nitrogens with two attached hydrogens (primary N) is 1. The highest BCUT2D eigenvalue weighted by Gasteiger charge is 2.39. The van der Waals surface area contributed by atoms with E-state index in [1.807, 2.05) is 0 Å². The van der Waals surface area contributed by atoms with Gasteiger partial charge in [-0.25, -0.2) is 9.97 Å². The zero-order valence-corrected chi connectivity index (χ0v) is 10.4. The summed E-state index contributed by atoms with van der Waals surface area (Å²) in [5.41, 5.74) is 6.14. The molecule has 2 heterocycles. The van der Waals surface area contributed by atoms with Crippen LogP contribution in [0.1, 0.15) is 19.8 Å². The van der Waals surface area contributed by atoms with E-state index in [4.69, 9.17) is 5.73 Å². The van der Waals surface area contributed by atoms with Crippen molar-refractivity contribution in [3.63, 3.8) is 0 Å². The first-order chi connectivity index (χ1) is 7.13. The van der Waals surface area contributed by atoms with E-state index in [0.717, 1.165) is 36.4 Å². The summed E-state index contributed by atoms with van der Waals surface area (Å²) in [5.74, 6) is 0.773. The van der Waals surface area contributed by atoms with Crippen molar-refractivity contribution in [3.05, 3.63) is 16.9 Å². The molecule has 0 atom stereocenters. The molecule has 1 aliphatic heterocycles. The molecular weight excluding hydrogens is 256 g/mol. The summed E-state index contributed by atoms with van der Waals surface area (Å²) in [7, 11) is 0. The molecule has 0 unspecified atom stereocenters. The van der Waals surface area contributed by atoms with E-state index in [1.54, 1.807) is 12.4 Å². The average Bonchev–Trinajstić information content (AvgIpc) is 2.16. The van der Waals surface area contributed by atoms with E-state index < -0.39 is 0 Å². The van der Waals surface area contributed by atoms with E-state index >= 15 is 0 Å². The van der Waals surface area contributed by atoms with Gasteiger partial charge in [-0.2, -0.15) is 0 Å². The number of nitrogens with zero attached hydrogens (tertiary/aromatic N) is 3. The lowest BCUT2D eigenvalue weighted by molar-refractivity contribution is 0.304. The maximum absolute atomic E-state index is 6.16. The van der Waals surface area contributed by atoms with Crippen molar-refractivity contribution >= 4 is 21.9 Å². The third kappa shape index (κ3) is 2.29. The van der Waals surface area contributed by atoms with Gasteiger partial charge in [-0.05, 0) is 22.4 Å². The Bertz CT molecular complexity index is 332. The fraction of sp³-hybridized carbons (Fsp3) is 0.600. The van der Waals surface area contributed by atoms with Crippen LogP contribution in [0.5, 0.6) is 0 Å². The van der Waals surface area contributed by atoms with Crippen molar-refractivity contribution in [2.45, 2.75) is 25.3 Å². The number of rotatable bonds is 3. The molecule has 0 amide bonds. The molecule has 1 fully saturated rings. The maximum Gasteiger partial charge on any atom is 0.225 e. The summed E-state index contributed by atoms with van der Waals surface area (Å²) >= 11 is 3.31. The van der Waals surface area contributed by atoms with E-state index in [2.05, 4.69) is 37.7 Å². The minimum absolute atomic E-state index is 0.0226. The van der Waals surface area contributed by atoms with Gasteiger partial charge in [0.05, 0.1) is 10.0 Å². The molecule has 1 saturated heterocycles. The van der Waals surface area contributed by atoms with Crippen molar-refractivity contribution in [2.75, 3.05) is 18.0 Å². The number of hydrogen-bond acceptors (Lipinski definition) is 4. The van der Waals surface area contributed by atoms with Crippen LogP contribution in [0.15, 0.2) is 16.9 Å². The first-order valence-electron chi connectivity index (χ1n) is 5.14. The van der Waals surface area contributed by atoms with Crippen LogP contribution in [-0.2, 0) is 0 Å². The van der Waals surface area contributed by atoms with Gasteiger partial charge in [0.15, 0.2) is 0 Å².